The molecule has 2 aromatic carbocycles. The smallest absolute Gasteiger partial charge is 0.232 e. The Morgan fingerprint density at radius 2 is 2.00 bits per heavy atom. The number of hydrogen-bond donors (Lipinski definition) is 1. The van der Waals surface area contributed by atoms with E-state index in [9.17, 15) is 4.79 Å². The van der Waals surface area contributed by atoms with Crippen molar-refractivity contribution in [2.75, 3.05) is 19.0 Å². The molecule has 0 spiro atoms. The van der Waals surface area contributed by atoms with Crippen LogP contribution >= 0.6 is 0 Å². The van der Waals surface area contributed by atoms with E-state index in [-0.39, 0.29) is 11.8 Å². The van der Waals surface area contributed by atoms with Gasteiger partial charge in [0.1, 0.15) is 6.61 Å². The van der Waals surface area contributed by atoms with Crippen molar-refractivity contribution < 1.29 is 14.3 Å². The number of hydrogen-bond acceptors (Lipinski definition) is 3. The molecule has 1 aliphatic rings. The van der Waals surface area contributed by atoms with Gasteiger partial charge in [0, 0.05) is 5.69 Å². The molecule has 124 valence electrons. The summed E-state index contributed by atoms with van der Waals surface area (Å²) in [6.45, 7) is 6.20. The second-order valence-electron chi connectivity index (χ2n) is 6.06. The third-order valence-corrected chi connectivity index (χ3v) is 4.05. The summed E-state index contributed by atoms with van der Waals surface area (Å²) in [6, 6.07) is 13.6. The molecule has 4 nitrogen and oxygen atoms in total. The summed E-state index contributed by atoms with van der Waals surface area (Å²) in [5.41, 5.74) is 3.93. The molecule has 0 fully saturated rings. The van der Waals surface area contributed by atoms with Crippen molar-refractivity contribution >= 4 is 11.6 Å². The first-order valence-corrected chi connectivity index (χ1v) is 7.92. The van der Waals surface area contributed by atoms with Gasteiger partial charge in [0.05, 0.1) is 13.0 Å². The molecule has 0 aromatic heterocycles. The zero-order chi connectivity index (χ0) is 17.1. The van der Waals surface area contributed by atoms with E-state index in [0.29, 0.717) is 24.5 Å². The van der Waals surface area contributed by atoms with Gasteiger partial charge in [-0.2, -0.15) is 0 Å². The Balaban J connectivity index is 1.81. The standard InChI is InChI=1S/C20H21NO3/c1-13(2)12-24-18-9-8-14(11-19(18)23-3)10-16-15-6-4-5-7-17(15)21-20(16)22/h4-9,11,16H,1,10,12H2,2-3H3,(H,21,22)/t16-/m1/s1. The summed E-state index contributed by atoms with van der Waals surface area (Å²) in [6.07, 6.45) is 0.625. The molecule has 1 N–H and O–H groups in total. The summed E-state index contributed by atoms with van der Waals surface area (Å²) < 4.78 is 11.1. The fourth-order valence-corrected chi connectivity index (χ4v) is 2.87. The average molecular weight is 323 g/mol. The van der Waals surface area contributed by atoms with Crippen LogP contribution in [0.2, 0.25) is 0 Å². The Hall–Kier alpha value is -2.75. The SMILES string of the molecule is C=C(C)COc1ccc(C[C@H]2C(=O)Nc3ccccc32)cc1OC. The van der Waals surface area contributed by atoms with Gasteiger partial charge in [-0.25, -0.2) is 0 Å². The van der Waals surface area contributed by atoms with Crippen LogP contribution in [0.25, 0.3) is 0 Å². The summed E-state index contributed by atoms with van der Waals surface area (Å²) in [5.74, 6) is 1.21. The van der Waals surface area contributed by atoms with Crippen molar-refractivity contribution in [2.24, 2.45) is 0 Å². The predicted octanol–water partition coefficient (Wildman–Crippen LogP) is 3.93. The summed E-state index contributed by atoms with van der Waals surface area (Å²) in [5, 5.41) is 2.94. The lowest BCUT2D eigenvalue weighted by molar-refractivity contribution is -0.117. The summed E-state index contributed by atoms with van der Waals surface area (Å²) >= 11 is 0. The number of rotatable bonds is 6. The number of nitrogens with one attached hydrogen (secondary N) is 1. The van der Waals surface area contributed by atoms with Gasteiger partial charge in [0.2, 0.25) is 5.91 Å². The van der Waals surface area contributed by atoms with Gasteiger partial charge in [-0.15, -0.1) is 0 Å². The van der Waals surface area contributed by atoms with E-state index in [4.69, 9.17) is 9.47 Å². The Kier molecular flexibility index (Phi) is 4.56. The van der Waals surface area contributed by atoms with E-state index in [1.165, 1.54) is 0 Å². The van der Waals surface area contributed by atoms with E-state index in [1.54, 1.807) is 7.11 Å². The minimum absolute atomic E-state index is 0.0396. The Labute approximate surface area is 142 Å². The maximum absolute atomic E-state index is 12.3. The second kappa shape index (κ2) is 6.79. The van der Waals surface area contributed by atoms with Crippen LogP contribution < -0.4 is 14.8 Å². The molecule has 0 saturated carbocycles. The minimum Gasteiger partial charge on any atom is -0.493 e. The average Bonchev–Trinajstić information content (AvgIpc) is 2.89. The van der Waals surface area contributed by atoms with Crippen molar-refractivity contribution in [2.45, 2.75) is 19.3 Å². The Morgan fingerprint density at radius 1 is 1.21 bits per heavy atom. The molecule has 0 radical (unpaired) electrons. The lowest BCUT2D eigenvalue weighted by Crippen LogP contribution is -2.14. The van der Waals surface area contributed by atoms with Crippen LogP contribution in [0, 0.1) is 0 Å². The van der Waals surface area contributed by atoms with Crippen molar-refractivity contribution in [1.82, 2.24) is 0 Å². The zero-order valence-electron chi connectivity index (χ0n) is 14.0. The number of amides is 1. The molecule has 1 aliphatic heterocycles. The number of benzene rings is 2. The van der Waals surface area contributed by atoms with Gasteiger partial charge >= 0.3 is 0 Å². The largest absolute Gasteiger partial charge is 0.493 e. The summed E-state index contributed by atoms with van der Waals surface area (Å²) in [4.78, 5) is 12.3. The molecule has 0 bridgehead atoms. The first-order valence-electron chi connectivity index (χ1n) is 7.92. The van der Waals surface area contributed by atoms with E-state index >= 15 is 0 Å². The minimum atomic E-state index is -0.173. The van der Waals surface area contributed by atoms with Gasteiger partial charge < -0.3 is 14.8 Å². The van der Waals surface area contributed by atoms with Gasteiger partial charge in [0.15, 0.2) is 11.5 Å². The molecular weight excluding hydrogens is 302 g/mol. The first-order chi connectivity index (χ1) is 11.6. The lowest BCUT2D eigenvalue weighted by atomic mass is 9.93. The Morgan fingerprint density at radius 3 is 2.75 bits per heavy atom. The number of para-hydroxylation sites is 1. The van der Waals surface area contributed by atoms with E-state index in [0.717, 1.165) is 22.4 Å². The van der Waals surface area contributed by atoms with Crippen molar-refractivity contribution in [3.63, 3.8) is 0 Å². The van der Waals surface area contributed by atoms with Crippen molar-refractivity contribution in [3.8, 4) is 11.5 Å². The molecule has 1 amide bonds. The number of carbonyl (C=O) groups is 1. The molecule has 0 aliphatic carbocycles. The van der Waals surface area contributed by atoms with Gasteiger partial charge in [-0.3, -0.25) is 4.79 Å². The fraction of sp³-hybridized carbons (Fsp3) is 0.250. The molecule has 2 aromatic rings. The molecule has 0 unspecified atom stereocenters. The highest BCUT2D eigenvalue weighted by Crippen LogP contribution is 2.36. The van der Waals surface area contributed by atoms with Crippen molar-refractivity contribution in [3.05, 3.63) is 65.7 Å². The van der Waals surface area contributed by atoms with Gasteiger partial charge in [-0.1, -0.05) is 30.8 Å². The maximum atomic E-state index is 12.3. The zero-order valence-corrected chi connectivity index (χ0v) is 14.0. The molecule has 1 atom stereocenters. The number of ether oxygens (including phenoxy) is 2. The van der Waals surface area contributed by atoms with Crippen LogP contribution in [0.1, 0.15) is 24.0 Å². The summed E-state index contributed by atoms with van der Waals surface area (Å²) in [7, 11) is 1.62. The van der Waals surface area contributed by atoms with E-state index < -0.39 is 0 Å². The third kappa shape index (κ3) is 3.27. The molecular formula is C20H21NO3. The number of carbonyl (C=O) groups excluding carboxylic acids is 1. The topological polar surface area (TPSA) is 47.6 Å². The fourth-order valence-electron chi connectivity index (χ4n) is 2.87. The van der Waals surface area contributed by atoms with Crippen LogP contribution in [0.5, 0.6) is 11.5 Å². The molecule has 0 saturated heterocycles. The van der Waals surface area contributed by atoms with Crippen LogP contribution in [0.4, 0.5) is 5.69 Å². The molecule has 1 heterocycles. The Bertz CT molecular complexity index is 782. The van der Waals surface area contributed by atoms with Crippen LogP contribution in [-0.4, -0.2) is 19.6 Å². The first kappa shape index (κ1) is 16.1. The predicted molar refractivity (Wildman–Crippen MR) is 94.8 cm³/mol. The molecule has 4 heteroatoms. The monoisotopic (exact) mass is 323 g/mol. The number of fused-ring (bicyclic) bond motifs is 1. The lowest BCUT2D eigenvalue weighted by Gasteiger charge is -2.14. The van der Waals surface area contributed by atoms with E-state index in [1.807, 2.05) is 49.4 Å². The van der Waals surface area contributed by atoms with Crippen LogP contribution in [0.3, 0.4) is 0 Å². The van der Waals surface area contributed by atoms with Gasteiger partial charge in [0.25, 0.3) is 0 Å². The number of methoxy groups -OCH3 is 1. The normalized spacial score (nSPS) is 15.6. The van der Waals surface area contributed by atoms with Crippen LogP contribution in [-0.2, 0) is 11.2 Å². The number of anilines is 1. The van der Waals surface area contributed by atoms with E-state index in [2.05, 4.69) is 11.9 Å². The highest BCUT2D eigenvalue weighted by Gasteiger charge is 2.30. The molecule has 3 rings (SSSR count). The van der Waals surface area contributed by atoms with Crippen LogP contribution in [0.15, 0.2) is 54.6 Å². The maximum Gasteiger partial charge on any atom is 0.232 e. The third-order valence-electron chi connectivity index (χ3n) is 4.05. The highest BCUT2D eigenvalue weighted by atomic mass is 16.5. The quantitative estimate of drug-likeness (QED) is 0.819. The van der Waals surface area contributed by atoms with Gasteiger partial charge in [-0.05, 0) is 48.2 Å². The molecule has 24 heavy (non-hydrogen) atoms. The second-order valence-corrected chi connectivity index (χ2v) is 6.06. The highest BCUT2D eigenvalue weighted by molar-refractivity contribution is 6.03. The van der Waals surface area contributed by atoms with Crippen molar-refractivity contribution in [1.29, 1.82) is 0 Å².